The number of hydrogen-bond acceptors (Lipinski definition) is 8. The number of ether oxygens (including phenoxy) is 1. The van der Waals surface area contributed by atoms with Crippen LogP contribution in [0.15, 0.2) is 61.1 Å². The van der Waals surface area contributed by atoms with Gasteiger partial charge in [-0.05, 0) is 56.3 Å². The van der Waals surface area contributed by atoms with Crippen molar-refractivity contribution in [2.75, 3.05) is 18.1 Å². The fraction of sp³-hybridized carbons (Fsp3) is 0.231. The largest absolute Gasteiger partial charge is 0.456 e. The molecule has 196 valence electrons. The van der Waals surface area contributed by atoms with Crippen LogP contribution in [0, 0.1) is 11.3 Å². The average molecular weight is 553 g/mol. The van der Waals surface area contributed by atoms with E-state index in [0.29, 0.717) is 51.2 Å². The number of carbonyl (C=O) groups excluding carboxylic acids is 1. The first-order chi connectivity index (χ1) is 18.0. The number of sulfone groups is 1. The lowest BCUT2D eigenvalue weighted by atomic mass is 10.2. The van der Waals surface area contributed by atoms with Crippen molar-refractivity contribution in [3.05, 3.63) is 71.6 Å². The molecule has 1 amide bonds. The molecule has 0 bridgehead atoms. The van der Waals surface area contributed by atoms with E-state index in [0.717, 1.165) is 6.26 Å². The Morgan fingerprint density at radius 2 is 1.97 bits per heavy atom. The molecule has 0 unspecified atom stereocenters. The number of fused-ring (bicyclic) bond motifs is 1. The van der Waals surface area contributed by atoms with Gasteiger partial charge in [-0.15, -0.1) is 0 Å². The highest BCUT2D eigenvalue weighted by atomic mass is 35.5. The monoisotopic (exact) mass is 552 g/mol. The van der Waals surface area contributed by atoms with Crippen LogP contribution >= 0.6 is 11.6 Å². The van der Waals surface area contributed by atoms with Gasteiger partial charge in [-0.2, -0.15) is 5.26 Å². The molecule has 0 saturated carbocycles. The van der Waals surface area contributed by atoms with Crippen molar-refractivity contribution in [1.29, 1.82) is 5.26 Å². The summed E-state index contributed by atoms with van der Waals surface area (Å²) in [5.74, 6) is 0.877. The second-order valence-electron chi connectivity index (χ2n) is 9.02. The van der Waals surface area contributed by atoms with Crippen LogP contribution in [0.5, 0.6) is 11.5 Å². The Morgan fingerprint density at radius 1 is 1.18 bits per heavy atom. The number of nitrogens with zero attached hydrogens (tertiary/aromatic N) is 4. The number of nitriles is 1. The van der Waals surface area contributed by atoms with Gasteiger partial charge in [0.25, 0.3) is 0 Å². The van der Waals surface area contributed by atoms with E-state index in [9.17, 15) is 13.2 Å². The summed E-state index contributed by atoms with van der Waals surface area (Å²) in [5, 5.41) is 15.4. The lowest BCUT2D eigenvalue weighted by molar-refractivity contribution is -0.122. The average Bonchev–Trinajstić information content (AvgIpc) is 3.29. The number of amides is 1. The van der Waals surface area contributed by atoms with Gasteiger partial charge in [-0.25, -0.2) is 18.4 Å². The molecule has 0 fully saturated rings. The number of benzene rings is 2. The Hall–Kier alpha value is -4.14. The number of carbonyl (C=O) groups is 1. The third-order valence-corrected chi connectivity index (χ3v) is 8.38. The molecule has 2 aromatic carbocycles. The molecule has 0 atom stereocenters. The van der Waals surface area contributed by atoms with Gasteiger partial charge in [0.1, 0.15) is 28.1 Å². The minimum Gasteiger partial charge on any atom is -0.456 e. The summed E-state index contributed by atoms with van der Waals surface area (Å²) in [7, 11) is -3.57. The predicted octanol–water partition coefficient (Wildman–Crippen LogP) is 4.43. The van der Waals surface area contributed by atoms with Gasteiger partial charge in [-0.3, -0.25) is 4.79 Å². The van der Waals surface area contributed by atoms with Crippen molar-refractivity contribution in [2.24, 2.45) is 0 Å². The number of anilines is 2. The van der Waals surface area contributed by atoms with Crippen LogP contribution in [-0.2, 0) is 21.2 Å². The summed E-state index contributed by atoms with van der Waals surface area (Å²) < 4.78 is 30.0. The Labute approximate surface area is 225 Å². The second kappa shape index (κ2) is 10.7. The Balaban J connectivity index is 1.50. The van der Waals surface area contributed by atoms with E-state index < -0.39 is 20.5 Å². The molecule has 0 aliphatic heterocycles. The van der Waals surface area contributed by atoms with Crippen molar-refractivity contribution in [3.8, 4) is 17.6 Å². The molecule has 2 heterocycles. The fourth-order valence-corrected chi connectivity index (χ4v) is 4.16. The van der Waals surface area contributed by atoms with Gasteiger partial charge in [-0.1, -0.05) is 17.7 Å². The van der Waals surface area contributed by atoms with Crippen LogP contribution in [0.3, 0.4) is 0 Å². The Kier molecular flexibility index (Phi) is 7.57. The quantitative estimate of drug-likeness (QED) is 0.311. The van der Waals surface area contributed by atoms with Gasteiger partial charge >= 0.3 is 0 Å². The zero-order chi connectivity index (χ0) is 27.5. The Bertz CT molecular complexity index is 1660. The summed E-state index contributed by atoms with van der Waals surface area (Å²) in [5.41, 5.74) is 2.53. The van der Waals surface area contributed by atoms with E-state index in [1.807, 2.05) is 16.8 Å². The fourth-order valence-electron chi connectivity index (χ4n) is 3.54. The summed E-state index contributed by atoms with van der Waals surface area (Å²) in [6.45, 7) is 3.33. The van der Waals surface area contributed by atoms with Crippen molar-refractivity contribution in [3.63, 3.8) is 0 Å². The van der Waals surface area contributed by atoms with Gasteiger partial charge < -0.3 is 19.9 Å². The lowest BCUT2D eigenvalue weighted by Gasteiger charge is -2.21. The first kappa shape index (κ1) is 26.9. The van der Waals surface area contributed by atoms with Crippen LogP contribution in [-0.4, -0.2) is 46.4 Å². The van der Waals surface area contributed by atoms with E-state index in [1.165, 1.54) is 20.2 Å². The third-order valence-electron chi connectivity index (χ3n) is 6.05. The predicted molar refractivity (Wildman–Crippen MR) is 145 cm³/mol. The minimum atomic E-state index is -3.57. The van der Waals surface area contributed by atoms with E-state index in [1.54, 1.807) is 42.5 Å². The second-order valence-corrected chi connectivity index (χ2v) is 12.0. The summed E-state index contributed by atoms with van der Waals surface area (Å²) in [4.78, 5) is 21.1. The molecule has 0 aliphatic rings. The minimum absolute atomic E-state index is 0.209. The van der Waals surface area contributed by atoms with Crippen LogP contribution in [0.4, 0.5) is 11.5 Å². The highest BCUT2D eigenvalue weighted by Gasteiger charge is 2.38. The van der Waals surface area contributed by atoms with E-state index >= 15 is 0 Å². The molecule has 38 heavy (non-hydrogen) atoms. The molecule has 0 aliphatic carbocycles. The van der Waals surface area contributed by atoms with Crippen LogP contribution in [0.25, 0.3) is 11.0 Å². The number of hydrogen-bond donors (Lipinski definition) is 2. The van der Waals surface area contributed by atoms with E-state index in [4.69, 9.17) is 21.6 Å². The number of nitrogens with one attached hydrogen (secondary N) is 2. The highest BCUT2D eigenvalue weighted by molar-refractivity contribution is 7.92. The molecular formula is C26H25ClN6O4S. The van der Waals surface area contributed by atoms with Gasteiger partial charge in [0.15, 0.2) is 15.7 Å². The standard InChI is InChI=1S/C26H25ClN6O4S/c1-26(2,38(3,35)36)25(34)29-10-12-33-11-9-21-23(33)24(31-16-30-21)32-18-7-8-22(20(27)14-18)37-19-6-4-5-17(13-19)15-28/h4-9,11,13-14,16H,10,12H2,1-3H3,(H,29,34)(H,30,31,32). The number of aromatic nitrogens is 3. The first-order valence-electron chi connectivity index (χ1n) is 11.5. The molecule has 0 spiro atoms. The van der Waals surface area contributed by atoms with Crippen LogP contribution < -0.4 is 15.4 Å². The zero-order valence-electron chi connectivity index (χ0n) is 20.9. The van der Waals surface area contributed by atoms with Crippen molar-refractivity contribution in [1.82, 2.24) is 19.9 Å². The topological polar surface area (TPSA) is 139 Å². The maximum absolute atomic E-state index is 12.4. The molecule has 0 radical (unpaired) electrons. The molecule has 0 saturated heterocycles. The maximum atomic E-state index is 12.4. The third kappa shape index (κ3) is 5.72. The van der Waals surface area contributed by atoms with Crippen LogP contribution in [0.1, 0.15) is 19.4 Å². The molecule has 12 heteroatoms. The van der Waals surface area contributed by atoms with Crippen molar-refractivity contribution < 1.29 is 17.9 Å². The zero-order valence-corrected chi connectivity index (χ0v) is 22.5. The SMILES string of the molecule is CC(C)(C(=O)NCCn1ccc2ncnc(Nc3ccc(Oc4cccc(C#N)c4)c(Cl)c3)c21)S(C)(=O)=O. The molecule has 4 rings (SSSR count). The molecule has 2 aromatic heterocycles. The number of rotatable bonds is 9. The van der Waals surface area contributed by atoms with Crippen molar-refractivity contribution in [2.45, 2.75) is 25.1 Å². The van der Waals surface area contributed by atoms with E-state index in [-0.39, 0.29) is 6.54 Å². The lowest BCUT2D eigenvalue weighted by Crippen LogP contribution is -2.48. The van der Waals surface area contributed by atoms with E-state index in [2.05, 4.69) is 26.7 Å². The summed E-state index contributed by atoms with van der Waals surface area (Å²) in [6, 6.07) is 15.8. The van der Waals surface area contributed by atoms with Gasteiger partial charge in [0.05, 0.1) is 22.2 Å². The number of halogens is 1. The molecular weight excluding hydrogens is 528 g/mol. The molecule has 2 N–H and O–H groups in total. The van der Waals surface area contributed by atoms with Gasteiger partial charge in [0.2, 0.25) is 5.91 Å². The molecule has 10 nitrogen and oxygen atoms in total. The maximum Gasteiger partial charge on any atom is 0.240 e. The summed E-state index contributed by atoms with van der Waals surface area (Å²) >= 11 is 6.46. The normalized spacial score (nSPS) is 11.7. The molecule has 4 aromatic rings. The summed E-state index contributed by atoms with van der Waals surface area (Å²) in [6.07, 6.45) is 4.29. The first-order valence-corrected chi connectivity index (χ1v) is 13.8. The highest BCUT2D eigenvalue weighted by Crippen LogP contribution is 2.33. The van der Waals surface area contributed by atoms with Crippen LogP contribution in [0.2, 0.25) is 5.02 Å². The smallest absolute Gasteiger partial charge is 0.240 e. The van der Waals surface area contributed by atoms with Gasteiger partial charge in [0, 0.05) is 31.2 Å². The Morgan fingerprint density at radius 3 is 2.68 bits per heavy atom. The van der Waals surface area contributed by atoms with Crippen molar-refractivity contribution >= 4 is 49.9 Å².